The molecule has 2 aromatic heterocycles. The van der Waals surface area contributed by atoms with Gasteiger partial charge in [-0.25, -0.2) is 4.98 Å². The van der Waals surface area contributed by atoms with Gasteiger partial charge in [-0.3, -0.25) is 0 Å². The van der Waals surface area contributed by atoms with E-state index in [1.807, 2.05) is 48.5 Å². The molecule has 2 N–H and O–H groups in total. The Morgan fingerprint density at radius 2 is 1.77 bits per heavy atom. The van der Waals surface area contributed by atoms with Gasteiger partial charge in [0.2, 0.25) is 5.89 Å². The summed E-state index contributed by atoms with van der Waals surface area (Å²) >= 11 is 18.3. The number of anilines is 1. The van der Waals surface area contributed by atoms with Crippen LogP contribution in [0.5, 0.6) is 0 Å². The number of nitrogen functional groups attached to an aromatic ring is 1. The second-order valence-corrected chi connectivity index (χ2v) is 8.08. The predicted octanol–water partition coefficient (Wildman–Crippen LogP) is 5.97. The summed E-state index contributed by atoms with van der Waals surface area (Å²) in [5.74, 6) is 1.32. The first-order valence-electron chi connectivity index (χ1n) is 9.21. The molecular weight excluding hydrogens is 443 g/mol. The highest BCUT2D eigenvalue weighted by atomic mass is 35.5. The van der Waals surface area contributed by atoms with Crippen molar-refractivity contribution in [3.05, 3.63) is 104 Å². The van der Waals surface area contributed by atoms with Crippen molar-refractivity contribution in [1.82, 2.24) is 15.1 Å². The Morgan fingerprint density at radius 3 is 2.50 bits per heavy atom. The third-order valence-electron chi connectivity index (χ3n) is 4.75. The van der Waals surface area contributed by atoms with Crippen molar-refractivity contribution in [2.75, 3.05) is 5.73 Å². The van der Waals surface area contributed by atoms with Crippen LogP contribution in [0, 0.1) is 0 Å². The highest BCUT2D eigenvalue weighted by molar-refractivity contribution is 6.42. The molecule has 2 aromatic carbocycles. The minimum atomic E-state index is -0.174. The highest BCUT2D eigenvalue weighted by Gasteiger charge is 2.22. The largest absolute Gasteiger partial charge is 0.383 e. The number of hydrogen-bond donors (Lipinski definition) is 1. The number of rotatable bonds is 6. The monoisotopic (exact) mass is 458 g/mol. The van der Waals surface area contributed by atoms with Crippen molar-refractivity contribution in [2.45, 2.75) is 18.8 Å². The van der Waals surface area contributed by atoms with E-state index in [1.165, 1.54) is 0 Å². The van der Waals surface area contributed by atoms with Crippen molar-refractivity contribution in [3.8, 4) is 0 Å². The molecule has 0 bridgehead atoms. The van der Waals surface area contributed by atoms with Crippen molar-refractivity contribution < 1.29 is 4.52 Å². The molecule has 0 spiro atoms. The minimum Gasteiger partial charge on any atom is -0.383 e. The zero-order valence-corrected chi connectivity index (χ0v) is 18.0. The molecule has 1 atom stereocenters. The van der Waals surface area contributed by atoms with E-state index in [9.17, 15) is 0 Å². The number of halogens is 3. The molecule has 152 valence electrons. The van der Waals surface area contributed by atoms with Gasteiger partial charge in [0, 0.05) is 23.2 Å². The number of pyridine rings is 1. The van der Waals surface area contributed by atoms with Gasteiger partial charge in [-0.15, -0.1) is 0 Å². The Kier molecular flexibility index (Phi) is 6.23. The van der Waals surface area contributed by atoms with Crippen LogP contribution in [0.25, 0.3) is 0 Å². The van der Waals surface area contributed by atoms with Crippen molar-refractivity contribution in [3.63, 3.8) is 0 Å². The molecule has 0 fully saturated rings. The van der Waals surface area contributed by atoms with Crippen LogP contribution in [0.15, 0.2) is 65.3 Å². The average Bonchev–Trinajstić information content (AvgIpc) is 3.19. The van der Waals surface area contributed by atoms with E-state index in [1.54, 1.807) is 12.3 Å². The zero-order valence-electron chi connectivity index (χ0n) is 15.7. The minimum absolute atomic E-state index is 0.174. The van der Waals surface area contributed by atoms with Gasteiger partial charge in [-0.05, 0) is 47.9 Å². The van der Waals surface area contributed by atoms with Crippen LogP contribution < -0.4 is 5.73 Å². The molecule has 0 saturated heterocycles. The molecular formula is C22H17Cl3N4O. The van der Waals surface area contributed by atoms with E-state index in [0.29, 0.717) is 45.4 Å². The van der Waals surface area contributed by atoms with E-state index in [2.05, 4.69) is 15.1 Å². The molecule has 5 nitrogen and oxygen atoms in total. The molecule has 0 aliphatic heterocycles. The fraction of sp³-hybridized carbons (Fsp3) is 0.136. The molecule has 0 aliphatic rings. The number of aromatic nitrogens is 3. The normalized spacial score (nSPS) is 12.1. The Bertz CT molecular complexity index is 1160. The first-order chi connectivity index (χ1) is 14.5. The fourth-order valence-electron chi connectivity index (χ4n) is 3.20. The smallest absolute Gasteiger partial charge is 0.234 e. The van der Waals surface area contributed by atoms with Crippen LogP contribution in [0.3, 0.4) is 0 Å². The van der Waals surface area contributed by atoms with E-state index < -0.39 is 0 Å². The number of nitrogens with zero attached hydrogens (tertiary/aromatic N) is 3. The summed E-state index contributed by atoms with van der Waals surface area (Å²) in [5.41, 5.74) is 8.78. The maximum atomic E-state index is 6.20. The van der Waals surface area contributed by atoms with Crippen LogP contribution in [-0.2, 0) is 12.8 Å². The van der Waals surface area contributed by atoms with Crippen molar-refractivity contribution in [2.24, 2.45) is 0 Å². The lowest BCUT2D eigenvalue weighted by Crippen LogP contribution is -2.06. The average molecular weight is 460 g/mol. The summed E-state index contributed by atoms with van der Waals surface area (Å²) in [6.45, 7) is 0. The number of benzene rings is 2. The summed E-state index contributed by atoms with van der Waals surface area (Å²) < 4.78 is 5.64. The standard InChI is InChI=1S/C22H17Cl3N4O/c23-16-6-4-14(5-7-16)17(10-13-3-8-18(24)19(25)11-13)22-28-20(29-30-22)12-15-2-1-9-27-21(15)26/h1-9,11,17H,10,12H2,(H2,26,27). The third kappa shape index (κ3) is 4.75. The second kappa shape index (κ2) is 9.04. The fourth-order valence-corrected chi connectivity index (χ4v) is 3.64. The third-order valence-corrected chi connectivity index (χ3v) is 5.74. The van der Waals surface area contributed by atoms with Crippen molar-refractivity contribution in [1.29, 1.82) is 0 Å². The molecule has 1 unspecified atom stereocenters. The van der Waals surface area contributed by atoms with Crippen LogP contribution in [0.4, 0.5) is 5.82 Å². The first kappa shape index (κ1) is 20.7. The second-order valence-electron chi connectivity index (χ2n) is 6.83. The van der Waals surface area contributed by atoms with Crippen LogP contribution >= 0.6 is 34.8 Å². The number of nitrogens with two attached hydrogens (primary N) is 1. The van der Waals surface area contributed by atoms with Crippen LogP contribution in [-0.4, -0.2) is 15.1 Å². The van der Waals surface area contributed by atoms with Gasteiger partial charge in [-0.2, -0.15) is 4.98 Å². The molecule has 0 saturated carbocycles. The Morgan fingerprint density at radius 1 is 0.967 bits per heavy atom. The Labute approximate surface area is 188 Å². The molecule has 0 radical (unpaired) electrons. The first-order valence-corrected chi connectivity index (χ1v) is 10.3. The Balaban J connectivity index is 1.65. The lowest BCUT2D eigenvalue weighted by atomic mass is 9.92. The maximum absolute atomic E-state index is 6.20. The van der Waals surface area contributed by atoms with E-state index in [0.717, 1.165) is 16.7 Å². The van der Waals surface area contributed by atoms with Gasteiger partial charge in [-0.1, -0.05) is 64.2 Å². The van der Waals surface area contributed by atoms with Gasteiger partial charge in [0.25, 0.3) is 0 Å². The highest BCUT2D eigenvalue weighted by Crippen LogP contribution is 2.31. The summed E-state index contributed by atoms with van der Waals surface area (Å²) in [4.78, 5) is 8.73. The Hall–Kier alpha value is -2.60. The summed E-state index contributed by atoms with van der Waals surface area (Å²) in [6, 6.07) is 16.9. The van der Waals surface area contributed by atoms with E-state index >= 15 is 0 Å². The van der Waals surface area contributed by atoms with Gasteiger partial charge in [0.05, 0.1) is 16.0 Å². The van der Waals surface area contributed by atoms with E-state index in [-0.39, 0.29) is 5.92 Å². The maximum Gasteiger partial charge on any atom is 0.234 e. The van der Waals surface area contributed by atoms with E-state index in [4.69, 9.17) is 45.1 Å². The molecule has 30 heavy (non-hydrogen) atoms. The molecule has 8 heteroatoms. The summed E-state index contributed by atoms with van der Waals surface area (Å²) in [5, 5.41) is 5.82. The van der Waals surface area contributed by atoms with Gasteiger partial charge in [0.15, 0.2) is 5.82 Å². The SMILES string of the molecule is Nc1ncccc1Cc1noc(C(Cc2ccc(Cl)c(Cl)c2)c2ccc(Cl)cc2)n1. The molecule has 4 aromatic rings. The molecule has 0 aliphatic carbocycles. The number of hydrogen-bond acceptors (Lipinski definition) is 5. The summed E-state index contributed by atoms with van der Waals surface area (Å²) in [7, 11) is 0. The summed E-state index contributed by atoms with van der Waals surface area (Å²) in [6.07, 6.45) is 2.69. The molecule has 4 rings (SSSR count). The quantitative estimate of drug-likeness (QED) is 0.384. The predicted molar refractivity (Wildman–Crippen MR) is 119 cm³/mol. The van der Waals surface area contributed by atoms with Crippen LogP contribution in [0.2, 0.25) is 15.1 Å². The molecule has 0 amide bonds. The molecule has 2 heterocycles. The topological polar surface area (TPSA) is 77.8 Å². The lowest BCUT2D eigenvalue weighted by Gasteiger charge is -2.14. The lowest BCUT2D eigenvalue weighted by molar-refractivity contribution is 0.360. The van der Waals surface area contributed by atoms with Crippen molar-refractivity contribution >= 4 is 40.6 Å². The van der Waals surface area contributed by atoms with Gasteiger partial charge < -0.3 is 10.3 Å². The van der Waals surface area contributed by atoms with Crippen LogP contribution in [0.1, 0.15) is 34.3 Å². The van der Waals surface area contributed by atoms with Gasteiger partial charge >= 0.3 is 0 Å². The van der Waals surface area contributed by atoms with Gasteiger partial charge in [0.1, 0.15) is 5.82 Å². The zero-order chi connectivity index (χ0) is 21.1.